The van der Waals surface area contributed by atoms with E-state index < -0.39 is 11.2 Å². The van der Waals surface area contributed by atoms with Crippen LogP contribution in [0.4, 0.5) is 0 Å². The molecule has 0 spiro atoms. The van der Waals surface area contributed by atoms with E-state index in [1.807, 2.05) is 13.0 Å². The number of nitrogens with one attached hydrogen (secondary N) is 1. The average Bonchev–Trinajstić information content (AvgIpc) is 3.00. The van der Waals surface area contributed by atoms with Crippen molar-refractivity contribution in [2.45, 2.75) is 23.8 Å². The van der Waals surface area contributed by atoms with E-state index in [-0.39, 0.29) is 0 Å². The lowest BCUT2D eigenvalue weighted by atomic mass is 10.2. The predicted molar refractivity (Wildman–Crippen MR) is 82.5 cm³/mol. The Bertz CT molecular complexity index is 659. The van der Waals surface area contributed by atoms with Gasteiger partial charge in [0.1, 0.15) is 5.25 Å². The van der Waals surface area contributed by atoms with Crippen LogP contribution >= 0.6 is 11.8 Å². The molecule has 0 fully saturated rings. The molecule has 0 amide bonds. The van der Waals surface area contributed by atoms with Crippen molar-refractivity contribution in [3.63, 3.8) is 0 Å². The molecule has 0 bridgehead atoms. The predicted octanol–water partition coefficient (Wildman–Crippen LogP) is 2.44. The summed E-state index contributed by atoms with van der Waals surface area (Å²) in [5.41, 5.74) is 0.778. The zero-order valence-electron chi connectivity index (χ0n) is 12.5. The maximum Gasteiger partial charge on any atom is 0.317 e. The molecule has 0 unspecified atom stereocenters. The van der Waals surface area contributed by atoms with Gasteiger partial charge in [0, 0.05) is 5.56 Å². The van der Waals surface area contributed by atoms with E-state index in [1.165, 1.54) is 0 Å². The van der Waals surface area contributed by atoms with Crippen molar-refractivity contribution in [1.82, 2.24) is 15.2 Å². The third-order valence-electron chi connectivity index (χ3n) is 3.02. The number of hydrogen-bond acceptors (Lipinski definition) is 6. The number of carbonyl (C=O) groups is 1. The molecule has 2 N–H and O–H groups in total. The zero-order chi connectivity index (χ0) is 16.1. The van der Waals surface area contributed by atoms with Crippen molar-refractivity contribution < 1.29 is 19.4 Å². The molecular weight excluding hydrogens is 306 g/mol. The molecule has 1 aromatic heterocycles. The number of nitrogens with zero attached hydrogens (tertiary/aromatic N) is 2. The number of benzene rings is 1. The first-order valence-electron chi connectivity index (χ1n) is 6.63. The molecule has 2 rings (SSSR count). The standard InChI is InChI=1S/C14H17N3O4S/c1-4-11(13(18)19)22-14-15-12(16-17-14)8-5-6-9(20-2)10(7-8)21-3/h5-7,11H,4H2,1-3H3,(H,18,19)(H,15,16,17)/t11-/m1/s1. The van der Waals surface area contributed by atoms with Gasteiger partial charge in [-0.25, -0.2) is 4.98 Å². The van der Waals surface area contributed by atoms with Crippen LogP contribution in [0, 0.1) is 0 Å². The summed E-state index contributed by atoms with van der Waals surface area (Å²) in [6.45, 7) is 1.81. The molecule has 1 heterocycles. The smallest absolute Gasteiger partial charge is 0.317 e. The largest absolute Gasteiger partial charge is 0.493 e. The van der Waals surface area contributed by atoms with Crippen molar-refractivity contribution >= 4 is 17.7 Å². The first kappa shape index (κ1) is 16.2. The highest BCUT2D eigenvalue weighted by Gasteiger charge is 2.19. The first-order chi connectivity index (χ1) is 10.6. The number of thioether (sulfide) groups is 1. The fourth-order valence-corrected chi connectivity index (χ4v) is 2.61. The lowest BCUT2D eigenvalue weighted by molar-refractivity contribution is -0.136. The monoisotopic (exact) mass is 323 g/mol. The Kier molecular flexibility index (Phi) is 5.26. The minimum Gasteiger partial charge on any atom is -0.493 e. The van der Waals surface area contributed by atoms with Gasteiger partial charge < -0.3 is 14.6 Å². The molecule has 0 aliphatic carbocycles. The molecule has 7 nitrogen and oxygen atoms in total. The Hall–Kier alpha value is -2.22. The van der Waals surface area contributed by atoms with Gasteiger partial charge in [0.2, 0.25) is 5.16 Å². The second-order valence-electron chi connectivity index (χ2n) is 4.39. The van der Waals surface area contributed by atoms with E-state index in [4.69, 9.17) is 14.6 Å². The zero-order valence-corrected chi connectivity index (χ0v) is 13.3. The summed E-state index contributed by atoms with van der Waals surface area (Å²) in [5, 5.41) is 15.8. The van der Waals surface area contributed by atoms with Crippen LogP contribution in [0.5, 0.6) is 11.5 Å². The number of methoxy groups -OCH3 is 2. The summed E-state index contributed by atoms with van der Waals surface area (Å²) >= 11 is 1.12. The second-order valence-corrected chi connectivity index (χ2v) is 5.56. The van der Waals surface area contributed by atoms with E-state index in [1.54, 1.807) is 26.4 Å². The quantitative estimate of drug-likeness (QED) is 0.755. The Morgan fingerprint density at radius 1 is 1.36 bits per heavy atom. The molecule has 0 radical (unpaired) electrons. The van der Waals surface area contributed by atoms with Crippen molar-refractivity contribution in [3.8, 4) is 22.9 Å². The third-order valence-corrected chi connectivity index (χ3v) is 4.23. The van der Waals surface area contributed by atoms with Gasteiger partial charge in [0.25, 0.3) is 0 Å². The highest BCUT2D eigenvalue weighted by Crippen LogP contribution is 2.32. The molecule has 118 valence electrons. The number of aromatic amines is 1. The van der Waals surface area contributed by atoms with Gasteiger partial charge in [0.05, 0.1) is 14.2 Å². The minimum atomic E-state index is -0.870. The molecule has 22 heavy (non-hydrogen) atoms. The van der Waals surface area contributed by atoms with E-state index in [9.17, 15) is 4.79 Å². The lowest BCUT2D eigenvalue weighted by Gasteiger charge is -2.08. The molecule has 1 atom stereocenters. The molecule has 2 aromatic rings. The number of rotatable bonds is 7. The topological polar surface area (TPSA) is 97.3 Å². The second kappa shape index (κ2) is 7.17. The van der Waals surface area contributed by atoms with Crippen molar-refractivity contribution in [2.75, 3.05) is 14.2 Å². The summed E-state index contributed by atoms with van der Waals surface area (Å²) in [4.78, 5) is 15.4. The summed E-state index contributed by atoms with van der Waals surface area (Å²) in [6.07, 6.45) is 0.500. The maximum atomic E-state index is 11.0. The SMILES string of the molecule is CC[C@@H](Sc1n[nH]c(-c2ccc(OC)c(OC)c2)n1)C(=O)O. The molecule has 0 saturated carbocycles. The van der Waals surface area contributed by atoms with Crippen LogP contribution < -0.4 is 9.47 Å². The van der Waals surface area contributed by atoms with Crippen molar-refractivity contribution in [3.05, 3.63) is 18.2 Å². The van der Waals surface area contributed by atoms with Crippen LogP contribution in [0.15, 0.2) is 23.4 Å². The Labute approximate surface area is 132 Å². The van der Waals surface area contributed by atoms with Gasteiger partial charge in [0.15, 0.2) is 17.3 Å². The highest BCUT2D eigenvalue weighted by molar-refractivity contribution is 8.00. The minimum absolute atomic E-state index is 0.402. The van der Waals surface area contributed by atoms with Crippen LogP contribution in [0.1, 0.15) is 13.3 Å². The summed E-state index contributed by atoms with van der Waals surface area (Å²) in [6, 6.07) is 5.38. The van der Waals surface area contributed by atoms with Crippen LogP contribution in [0.3, 0.4) is 0 Å². The fourth-order valence-electron chi connectivity index (χ4n) is 1.85. The number of carboxylic acid groups (broad SMARTS) is 1. The molecule has 8 heteroatoms. The Morgan fingerprint density at radius 3 is 2.68 bits per heavy atom. The first-order valence-corrected chi connectivity index (χ1v) is 7.51. The van der Waals surface area contributed by atoms with Crippen molar-refractivity contribution in [1.29, 1.82) is 0 Å². The van der Waals surface area contributed by atoms with Gasteiger partial charge in [-0.2, -0.15) is 0 Å². The summed E-state index contributed by atoms with van der Waals surface area (Å²) in [7, 11) is 3.12. The Balaban J connectivity index is 2.22. The van der Waals surface area contributed by atoms with Crippen LogP contribution in [0.25, 0.3) is 11.4 Å². The maximum absolute atomic E-state index is 11.0. The number of carboxylic acids is 1. The number of hydrogen-bond donors (Lipinski definition) is 2. The van der Waals surface area contributed by atoms with Gasteiger partial charge in [-0.15, -0.1) is 5.10 Å². The molecule has 0 aliphatic rings. The van der Waals surface area contributed by atoms with Crippen LogP contribution in [-0.2, 0) is 4.79 Å². The Morgan fingerprint density at radius 2 is 2.09 bits per heavy atom. The summed E-state index contributed by atoms with van der Waals surface area (Å²) < 4.78 is 10.4. The number of ether oxygens (including phenoxy) is 2. The summed E-state index contributed by atoms with van der Waals surface area (Å²) in [5.74, 6) is 0.883. The normalized spacial score (nSPS) is 12.0. The molecule has 1 aromatic carbocycles. The van der Waals surface area contributed by atoms with Gasteiger partial charge in [-0.1, -0.05) is 18.7 Å². The van der Waals surface area contributed by atoms with E-state index in [0.29, 0.717) is 28.9 Å². The van der Waals surface area contributed by atoms with Gasteiger partial charge >= 0.3 is 5.97 Å². The highest BCUT2D eigenvalue weighted by atomic mass is 32.2. The average molecular weight is 323 g/mol. The van der Waals surface area contributed by atoms with Crippen LogP contribution in [-0.4, -0.2) is 45.7 Å². The fraction of sp³-hybridized carbons (Fsp3) is 0.357. The lowest BCUT2D eigenvalue weighted by Crippen LogP contribution is -2.14. The molecule has 0 aliphatic heterocycles. The molecular formula is C14H17N3O4S. The van der Waals surface area contributed by atoms with Gasteiger partial charge in [-0.3, -0.25) is 9.89 Å². The number of aromatic nitrogens is 3. The number of H-pyrrole nitrogens is 1. The van der Waals surface area contributed by atoms with Crippen molar-refractivity contribution in [2.24, 2.45) is 0 Å². The van der Waals surface area contributed by atoms with Crippen LogP contribution in [0.2, 0.25) is 0 Å². The third kappa shape index (κ3) is 3.51. The van der Waals surface area contributed by atoms with E-state index in [0.717, 1.165) is 17.3 Å². The van der Waals surface area contributed by atoms with E-state index >= 15 is 0 Å². The van der Waals surface area contributed by atoms with E-state index in [2.05, 4.69) is 15.2 Å². The number of aliphatic carboxylic acids is 1. The van der Waals surface area contributed by atoms with Gasteiger partial charge in [-0.05, 0) is 24.6 Å². The molecule has 0 saturated heterocycles.